The van der Waals surface area contributed by atoms with Gasteiger partial charge in [-0.15, -0.1) is 34.9 Å². The van der Waals surface area contributed by atoms with Gasteiger partial charge in [0.1, 0.15) is 47.9 Å². The van der Waals surface area contributed by atoms with E-state index in [0.29, 0.717) is 11.3 Å². The van der Waals surface area contributed by atoms with Gasteiger partial charge in [-0.3, -0.25) is 33.8 Å². The van der Waals surface area contributed by atoms with Gasteiger partial charge in [-0.05, 0) is 26.0 Å². The number of carbonyl (C=O) groups excluding carboxylic acids is 8. The Morgan fingerprint density at radius 1 is 0.944 bits per heavy atom. The van der Waals surface area contributed by atoms with E-state index < -0.39 is 88.3 Å². The topological polar surface area (TPSA) is 380 Å². The average molecular weight is 1060 g/mol. The second-order valence-electron chi connectivity index (χ2n) is 15.7. The van der Waals surface area contributed by atoms with Crippen LogP contribution in [0.3, 0.4) is 0 Å². The molecule has 7 rings (SSSR count). The maximum absolute atomic E-state index is 13.1. The van der Waals surface area contributed by atoms with Crippen molar-refractivity contribution in [3.05, 3.63) is 88.4 Å². The number of hydrogen-bond acceptors (Lipinski definition) is 23. The Labute approximate surface area is 419 Å². The fourth-order valence-electron chi connectivity index (χ4n) is 6.88. The molecule has 0 aromatic carbocycles. The van der Waals surface area contributed by atoms with Crippen LogP contribution in [0.2, 0.25) is 0 Å². The molecular weight excluding hydrogens is 1010 g/mol. The number of thioether (sulfide) groups is 2. The third-order valence-electron chi connectivity index (χ3n) is 10.2. The van der Waals surface area contributed by atoms with Gasteiger partial charge in [0, 0.05) is 54.0 Å². The first-order valence-electron chi connectivity index (χ1n) is 20.9. The highest BCUT2D eigenvalue weighted by atomic mass is 32.2. The number of nitrogen functional groups attached to an aromatic ring is 1. The van der Waals surface area contributed by atoms with Gasteiger partial charge in [-0.25, -0.2) is 23.9 Å². The highest BCUT2D eigenvalue weighted by Gasteiger charge is 2.56. The maximum atomic E-state index is 13.1. The van der Waals surface area contributed by atoms with Crippen LogP contribution in [-0.4, -0.2) is 145 Å². The summed E-state index contributed by atoms with van der Waals surface area (Å²) in [5.74, 6) is -6.76. The Morgan fingerprint density at radius 3 is 2.08 bits per heavy atom. The summed E-state index contributed by atoms with van der Waals surface area (Å²) in [6, 6.07) is 6.39. The van der Waals surface area contributed by atoms with E-state index in [1.165, 1.54) is 69.1 Å². The number of hydrogen-bond donors (Lipinski definition) is 5. The summed E-state index contributed by atoms with van der Waals surface area (Å²) in [5, 5.41) is 33.9. The SMILES string of the molecule is CC(C)(O/N=C(\C(=O)N[C@@H]1C(=O)N2C(C(=O)[O-])=C(C[n+]3ccccc3)CS[C@H]12)c1csc(N)n1)C(=O)O.CO/N=C(/C(=O)N[C@@H]1C(=O)N2C(C(=O)OC(C)OC(C)=O)=C(COC(N)=O)CS[C@H]12)c1ccco1. The van der Waals surface area contributed by atoms with Crippen LogP contribution in [0.1, 0.15) is 39.1 Å². The van der Waals surface area contributed by atoms with Crippen molar-refractivity contribution in [1.82, 2.24) is 25.4 Å². The monoisotopic (exact) mass is 1060 g/mol. The molecule has 4 aliphatic heterocycles. The van der Waals surface area contributed by atoms with Gasteiger partial charge in [0.15, 0.2) is 35.5 Å². The molecule has 7 N–H and O–H groups in total. The van der Waals surface area contributed by atoms with Crippen LogP contribution < -0.4 is 31.8 Å². The summed E-state index contributed by atoms with van der Waals surface area (Å²) < 4.78 is 21.7. The summed E-state index contributed by atoms with van der Waals surface area (Å²) in [7, 11) is 1.25. The molecule has 3 aromatic heterocycles. The number of furan rings is 1. The fourth-order valence-corrected chi connectivity index (χ4v) is 10.1. The quantitative estimate of drug-likeness (QED) is 0.0242. The van der Waals surface area contributed by atoms with Gasteiger partial charge in [-0.1, -0.05) is 16.4 Å². The van der Waals surface area contributed by atoms with Crippen LogP contribution in [0.15, 0.2) is 91.6 Å². The van der Waals surface area contributed by atoms with Gasteiger partial charge in [-0.2, -0.15) is 0 Å². The third-order valence-corrected chi connectivity index (χ3v) is 13.6. The van der Waals surface area contributed by atoms with Gasteiger partial charge in [0.2, 0.25) is 17.6 Å². The number of aromatic nitrogens is 2. The molecule has 27 nitrogen and oxygen atoms in total. The van der Waals surface area contributed by atoms with Crippen molar-refractivity contribution in [3.63, 3.8) is 0 Å². The number of carboxylic acids is 2. The molecule has 0 saturated carbocycles. The minimum atomic E-state index is -1.75. The first kappa shape index (κ1) is 53.4. The molecule has 5 atom stereocenters. The minimum Gasteiger partial charge on any atom is -0.543 e. The van der Waals surface area contributed by atoms with Crippen LogP contribution in [0, 0.1) is 0 Å². The molecule has 30 heteroatoms. The van der Waals surface area contributed by atoms with E-state index in [-0.39, 0.29) is 63.9 Å². The van der Waals surface area contributed by atoms with Gasteiger partial charge in [0.25, 0.3) is 23.6 Å². The van der Waals surface area contributed by atoms with Crippen LogP contribution in [-0.2, 0) is 68.8 Å². The number of pyridine rings is 1. The molecule has 0 aliphatic carbocycles. The highest BCUT2D eigenvalue weighted by Crippen LogP contribution is 2.42. The molecule has 0 bridgehead atoms. The molecular formula is C42H44N10O17S3. The summed E-state index contributed by atoms with van der Waals surface area (Å²) in [5.41, 5.74) is 8.72. The number of esters is 2. The summed E-state index contributed by atoms with van der Waals surface area (Å²) in [6.07, 6.45) is 2.57. The first-order valence-corrected chi connectivity index (χ1v) is 23.9. The number of oxime groups is 2. The van der Waals surface area contributed by atoms with Crippen molar-refractivity contribution in [2.75, 3.05) is 31.0 Å². The van der Waals surface area contributed by atoms with E-state index in [1.807, 2.05) is 6.07 Å². The second-order valence-corrected chi connectivity index (χ2v) is 18.8. The molecule has 72 heavy (non-hydrogen) atoms. The van der Waals surface area contributed by atoms with E-state index in [0.717, 1.165) is 28.1 Å². The summed E-state index contributed by atoms with van der Waals surface area (Å²) in [4.78, 5) is 126. The Balaban J connectivity index is 0.000000236. The number of anilines is 1. The number of aliphatic carboxylic acids is 2. The molecule has 4 aliphatic rings. The number of nitrogens with two attached hydrogens (primary N) is 2. The molecule has 5 amide bonds. The lowest BCUT2D eigenvalue weighted by molar-refractivity contribution is -0.689. The zero-order chi connectivity index (χ0) is 52.6. The third kappa shape index (κ3) is 12.1. The number of ether oxygens (including phenoxy) is 3. The Hall–Kier alpha value is -7.99. The molecule has 3 aromatic rings. The number of rotatable bonds is 18. The highest BCUT2D eigenvalue weighted by molar-refractivity contribution is 8.00. The van der Waals surface area contributed by atoms with Crippen LogP contribution in [0.25, 0.3) is 0 Å². The van der Waals surface area contributed by atoms with Crippen molar-refractivity contribution in [2.45, 2.75) is 69.0 Å². The van der Waals surface area contributed by atoms with Crippen molar-refractivity contribution in [2.24, 2.45) is 16.0 Å². The van der Waals surface area contributed by atoms with E-state index in [4.69, 9.17) is 39.8 Å². The predicted octanol–water partition coefficient (Wildman–Crippen LogP) is -1.47. The van der Waals surface area contributed by atoms with Gasteiger partial charge < -0.3 is 65.4 Å². The van der Waals surface area contributed by atoms with Crippen LogP contribution in [0.5, 0.6) is 0 Å². The second kappa shape index (κ2) is 22.8. The van der Waals surface area contributed by atoms with E-state index in [1.54, 1.807) is 35.2 Å². The number of nitrogens with zero attached hydrogens (tertiary/aromatic N) is 6. The number of carbonyl (C=O) groups is 9. The van der Waals surface area contributed by atoms with E-state index in [9.17, 15) is 53.4 Å². The van der Waals surface area contributed by atoms with E-state index in [2.05, 4.69) is 25.9 Å². The van der Waals surface area contributed by atoms with Crippen molar-refractivity contribution < 1.29 is 86.2 Å². The number of primary amides is 1. The number of β-lactam (4-membered cyclic amide) rings is 2. The predicted molar refractivity (Wildman–Crippen MR) is 247 cm³/mol. The zero-order valence-electron chi connectivity index (χ0n) is 38.5. The summed E-state index contributed by atoms with van der Waals surface area (Å²) in [6.45, 7) is 4.83. The standard InChI is InChI=1S/C22H22N6O7S2.C20H22N4O10S/c1-22(2,20(33)34)35-26-13(12-10-37-21(23)24-12)16(29)25-14-17(30)28-15(19(31)32)11(9-36-18(14)28)8-27-6-4-3-5-7-27;1-9(25)33-10(2)34-19(28)15-11(7-32-20(21)29)8-35-18-14(17(27)24(15)18)22-16(26)13(23-30-3)12-5-4-6-31-12/h3-7,10,14,18H,8-9H2,1-2H3,(H4-,23,24,25,29,31,32,33,34);4-6,10,14,18H,7-8H2,1-3H3,(H2,21,29)(H,22,26)/b26-13-;23-13+/t14-,18-;10?,14-,18-/m11/s1. The lowest BCUT2D eigenvalue weighted by Crippen LogP contribution is -2.71. The van der Waals surface area contributed by atoms with Crippen LogP contribution >= 0.6 is 34.9 Å². The molecule has 7 heterocycles. The number of carboxylic acid groups (broad SMARTS) is 2. The minimum absolute atomic E-state index is 0.0265. The van der Waals surface area contributed by atoms with Crippen molar-refractivity contribution in [3.8, 4) is 0 Å². The Kier molecular flexibility index (Phi) is 16.9. The molecule has 0 radical (unpaired) electrons. The van der Waals surface area contributed by atoms with Crippen molar-refractivity contribution >= 4 is 105 Å². The van der Waals surface area contributed by atoms with Gasteiger partial charge in [0.05, 0.1) is 17.9 Å². The molecule has 382 valence electrons. The normalized spacial score (nSPS) is 20.0. The Morgan fingerprint density at radius 2 is 1.56 bits per heavy atom. The fraction of sp³-hybridized carbons (Fsp3) is 0.357. The number of thiazole rings is 1. The zero-order valence-corrected chi connectivity index (χ0v) is 40.9. The molecule has 2 saturated heterocycles. The van der Waals surface area contributed by atoms with E-state index >= 15 is 0 Å². The summed E-state index contributed by atoms with van der Waals surface area (Å²) >= 11 is 3.53. The molecule has 1 unspecified atom stereocenters. The van der Waals surface area contributed by atoms with Gasteiger partial charge >= 0.3 is 24.0 Å². The number of nitrogens with one attached hydrogen (secondary N) is 2. The van der Waals surface area contributed by atoms with Crippen molar-refractivity contribution in [1.29, 1.82) is 0 Å². The molecule has 0 spiro atoms. The first-order chi connectivity index (χ1) is 34.1. The van der Waals surface area contributed by atoms with Crippen LogP contribution in [0.4, 0.5) is 9.93 Å². The average Bonchev–Trinajstić information content (AvgIpc) is 4.03. The smallest absolute Gasteiger partial charge is 0.404 e. The molecule has 2 fully saturated rings. The Bertz CT molecular complexity index is 2780. The number of amides is 5. The lowest BCUT2D eigenvalue weighted by Gasteiger charge is -2.50. The maximum Gasteiger partial charge on any atom is 0.404 e. The lowest BCUT2D eigenvalue weighted by atomic mass is 10.0. The number of fused-ring (bicyclic) bond motifs is 2. The largest absolute Gasteiger partial charge is 0.543 e.